The van der Waals surface area contributed by atoms with Crippen molar-refractivity contribution in [2.75, 3.05) is 25.1 Å². The summed E-state index contributed by atoms with van der Waals surface area (Å²) in [5.74, 6) is 1.55. The first-order valence-corrected chi connectivity index (χ1v) is 10.2. The third kappa shape index (κ3) is 6.54. The molecule has 0 aliphatic heterocycles. The number of thiocarbonyl (C=S) groups is 1. The first-order chi connectivity index (χ1) is 11.8. The van der Waals surface area contributed by atoms with Crippen molar-refractivity contribution in [2.45, 2.75) is 18.8 Å². The Morgan fingerprint density at radius 1 is 0.917 bits per heavy atom. The number of hydrogen-bond acceptors (Lipinski definition) is 2. The van der Waals surface area contributed by atoms with Gasteiger partial charge in [0.05, 0.1) is 0 Å². The fourth-order valence-electron chi connectivity index (χ4n) is 2.71. The molecule has 2 aromatic rings. The van der Waals surface area contributed by atoms with Crippen LogP contribution in [0.1, 0.15) is 29.9 Å². The summed E-state index contributed by atoms with van der Waals surface area (Å²) in [6.07, 6.45) is 4.28. The zero-order chi connectivity index (χ0) is 17.0. The lowest BCUT2D eigenvalue weighted by atomic mass is 9.88. The minimum Gasteiger partial charge on any atom is -0.363 e. The Kier molecular flexibility index (Phi) is 8.71. The minimum atomic E-state index is 0.388. The molecule has 0 saturated carbocycles. The van der Waals surface area contributed by atoms with Gasteiger partial charge >= 0.3 is 0 Å². The second-order valence-corrected chi connectivity index (χ2v) is 7.09. The van der Waals surface area contributed by atoms with Crippen LogP contribution in [0.25, 0.3) is 0 Å². The highest BCUT2D eigenvalue weighted by atomic mass is 32.2. The predicted octanol–water partition coefficient (Wildman–Crippen LogP) is 4.43. The van der Waals surface area contributed by atoms with Crippen LogP contribution in [0.5, 0.6) is 0 Å². The Balaban J connectivity index is 1.87. The van der Waals surface area contributed by atoms with Crippen LogP contribution < -0.4 is 10.6 Å². The summed E-state index contributed by atoms with van der Waals surface area (Å²) in [7, 11) is 0. The number of thioether (sulfide) groups is 1. The Hall–Kier alpha value is -1.52. The molecule has 128 valence electrons. The van der Waals surface area contributed by atoms with Gasteiger partial charge in [-0.15, -0.1) is 0 Å². The maximum absolute atomic E-state index is 5.36. The molecule has 2 rings (SSSR count). The van der Waals surface area contributed by atoms with Crippen LogP contribution in [0.4, 0.5) is 0 Å². The molecular formula is C20H26N2S2. The Morgan fingerprint density at radius 2 is 1.46 bits per heavy atom. The first-order valence-electron chi connectivity index (χ1n) is 8.42. The molecule has 24 heavy (non-hydrogen) atoms. The van der Waals surface area contributed by atoms with E-state index in [1.807, 2.05) is 11.8 Å². The summed E-state index contributed by atoms with van der Waals surface area (Å²) >= 11 is 7.23. The standard InChI is InChI=1S/C20H26N2S2/c1-24-16-8-14-21-20(23)22-15-13-19(17-9-4-2-5-10-17)18-11-6-3-7-12-18/h2-7,9-12,19H,8,13-16H2,1H3,(H2,21,22,23). The van der Waals surface area contributed by atoms with Gasteiger partial charge in [-0.1, -0.05) is 60.7 Å². The lowest BCUT2D eigenvalue weighted by Gasteiger charge is -2.19. The molecule has 0 bridgehead atoms. The zero-order valence-electron chi connectivity index (χ0n) is 14.2. The smallest absolute Gasteiger partial charge is 0.166 e. The van der Waals surface area contributed by atoms with Gasteiger partial charge in [0.25, 0.3) is 0 Å². The molecule has 0 aliphatic rings. The number of rotatable bonds is 9. The van der Waals surface area contributed by atoms with Gasteiger partial charge in [0, 0.05) is 19.0 Å². The molecule has 0 aromatic heterocycles. The van der Waals surface area contributed by atoms with Gasteiger partial charge in [-0.05, 0) is 48.2 Å². The Labute approximate surface area is 155 Å². The van der Waals surface area contributed by atoms with Crippen LogP contribution >= 0.6 is 24.0 Å². The molecule has 0 unspecified atom stereocenters. The van der Waals surface area contributed by atoms with Gasteiger partial charge in [-0.3, -0.25) is 0 Å². The maximum atomic E-state index is 5.36. The molecule has 2 nitrogen and oxygen atoms in total. The van der Waals surface area contributed by atoms with Crippen LogP contribution in [-0.4, -0.2) is 30.2 Å². The molecule has 0 saturated heterocycles. The predicted molar refractivity (Wildman–Crippen MR) is 111 cm³/mol. The fourth-order valence-corrected chi connectivity index (χ4v) is 3.34. The van der Waals surface area contributed by atoms with E-state index in [9.17, 15) is 0 Å². The van der Waals surface area contributed by atoms with E-state index in [1.165, 1.54) is 16.9 Å². The molecule has 0 heterocycles. The normalized spacial score (nSPS) is 10.6. The van der Waals surface area contributed by atoms with Crippen LogP contribution in [0.3, 0.4) is 0 Å². The highest BCUT2D eigenvalue weighted by Crippen LogP contribution is 2.27. The van der Waals surface area contributed by atoms with Gasteiger partial charge in [0.2, 0.25) is 0 Å². The minimum absolute atomic E-state index is 0.388. The van der Waals surface area contributed by atoms with Crippen LogP contribution in [0.2, 0.25) is 0 Å². The first kappa shape index (κ1) is 18.8. The van der Waals surface area contributed by atoms with Gasteiger partial charge in [0.1, 0.15) is 0 Å². The molecule has 0 atom stereocenters. The van der Waals surface area contributed by atoms with Crippen molar-refractivity contribution in [1.82, 2.24) is 10.6 Å². The molecule has 2 aromatic carbocycles. The van der Waals surface area contributed by atoms with E-state index in [4.69, 9.17) is 12.2 Å². The quantitative estimate of drug-likeness (QED) is 0.512. The van der Waals surface area contributed by atoms with Crippen molar-refractivity contribution in [3.8, 4) is 0 Å². The molecule has 0 aliphatic carbocycles. The maximum Gasteiger partial charge on any atom is 0.166 e. The highest BCUT2D eigenvalue weighted by molar-refractivity contribution is 7.98. The SMILES string of the molecule is CSCCCNC(=S)NCCC(c1ccccc1)c1ccccc1. The largest absolute Gasteiger partial charge is 0.363 e. The summed E-state index contributed by atoms with van der Waals surface area (Å²) in [6.45, 7) is 1.80. The summed E-state index contributed by atoms with van der Waals surface area (Å²) in [4.78, 5) is 0. The van der Waals surface area contributed by atoms with E-state index in [0.29, 0.717) is 5.92 Å². The van der Waals surface area contributed by atoms with E-state index < -0.39 is 0 Å². The monoisotopic (exact) mass is 358 g/mol. The highest BCUT2D eigenvalue weighted by Gasteiger charge is 2.13. The molecule has 0 spiro atoms. The average molecular weight is 359 g/mol. The van der Waals surface area contributed by atoms with E-state index in [1.54, 1.807) is 0 Å². The van der Waals surface area contributed by atoms with Gasteiger partial charge in [0.15, 0.2) is 5.11 Å². The lowest BCUT2D eigenvalue weighted by molar-refractivity contribution is 0.683. The number of nitrogens with one attached hydrogen (secondary N) is 2. The van der Waals surface area contributed by atoms with Crippen molar-refractivity contribution < 1.29 is 0 Å². The van der Waals surface area contributed by atoms with Crippen molar-refractivity contribution in [2.24, 2.45) is 0 Å². The third-order valence-electron chi connectivity index (χ3n) is 3.93. The summed E-state index contributed by atoms with van der Waals surface area (Å²) < 4.78 is 0. The van der Waals surface area contributed by atoms with Gasteiger partial charge in [-0.2, -0.15) is 11.8 Å². The second-order valence-electron chi connectivity index (χ2n) is 5.69. The van der Waals surface area contributed by atoms with E-state index in [2.05, 4.69) is 77.6 Å². The molecular weight excluding hydrogens is 332 g/mol. The molecule has 0 amide bonds. The van der Waals surface area contributed by atoms with Crippen molar-refractivity contribution in [1.29, 1.82) is 0 Å². The van der Waals surface area contributed by atoms with Crippen molar-refractivity contribution in [3.05, 3.63) is 71.8 Å². The fraction of sp³-hybridized carbons (Fsp3) is 0.350. The van der Waals surface area contributed by atoms with E-state index in [-0.39, 0.29) is 0 Å². The number of benzene rings is 2. The number of hydrogen-bond donors (Lipinski definition) is 2. The Morgan fingerprint density at radius 3 is 2.00 bits per heavy atom. The lowest BCUT2D eigenvalue weighted by Crippen LogP contribution is -2.36. The van der Waals surface area contributed by atoms with Crippen molar-refractivity contribution in [3.63, 3.8) is 0 Å². The molecule has 0 radical (unpaired) electrons. The molecule has 4 heteroatoms. The molecule has 0 fully saturated rings. The Bertz CT molecular complexity index is 548. The van der Waals surface area contributed by atoms with Gasteiger partial charge < -0.3 is 10.6 Å². The van der Waals surface area contributed by atoms with Crippen LogP contribution in [0, 0.1) is 0 Å². The molecule has 2 N–H and O–H groups in total. The third-order valence-corrected chi connectivity index (χ3v) is 4.92. The summed E-state index contributed by atoms with van der Waals surface area (Å²) in [6, 6.07) is 21.4. The second kappa shape index (κ2) is 11.1. The van der Waals surface area contributed by atoms with Gasteiger partial charge in [-0.25, -0.2) is 0 Å². The van der Waals surface area contributed by atoms with Crippen molar-refractivity contribution >= 4 is 29.1 Å². The average Bonchev–Trinajstić information content (AvgIpc) is 2.64. The summed E-state index contributed by atoms with van der Waals surface area (Å²) in [5.41, 5.74) is 2.70. The summed E-state index contributed by atoms with van der Waals surface area (Å²) in [5, 5.41) is 7.38. The van der Waals surface area contributed by atoms with E-state index in [0.717, 1.165) is 31.0 Å². The van der Waals surface area contributed by atoms with Crippen LogP contribution in [0.15, 0.2) is 60.7 Å². The van der Waals surface area contributed by atoms with E-state index >= 15 is 0 Å². The van der Waals surface area contributed by atoms with Crippen LogP contribution in [-0.2, 0) is 0 Å². The zero-order valence-corrected chi connectivity index (χ0v) is 15.8. The topological polar surface area (TPSA) is 24.1 Å².